The monoisotopic (exact) mass is 291 g/mol. The van der Waals surface area contributed by atoms with Crippen LogP contribution in [0.1, 0.15) is 19.8 Å². The molecule has 1 fully saturated rings. The van der Waals surface area contributed by atoms with Crippen LogP contribution in [0.4, 0.5) is 11.5 Å². The summed E-state index contributed by atoms with van der Waals surface area (Å²) in [6, 6.07) is 3.82. The van der Waals surface area contributed by atoms with Crippen molar-refractivity contribution in [2.24, 2.45) is 0 Å². The van der Waals surface area contributed by atoms with E-state index in [1.165, 1.54) is 0 Å². The number of anilines is 2. The van der Waals surface area contributed by atoms with Gasteiger partial charge in [-0.1, -0.05) is 13.3 Å². The summed E-state index contributed by atoms with van der Waals surface area (Å²) < 4.78 is 0. The van der Waals surface area contributed by atoms with Gasteiger partial charge in [0.05, 0.1) is 18.4 Å². The minimum Gasteiger partial charge on any atom is -0.384 e. The number of carbonyl (C=O) groups excluding carboxylic acids is 1. The quantitative estimate of drug-likeness (QED) is 0.755. The van der Waals surface area contributed by atoms with Gasteiger partial charge in [-0.3, -0.25) is 9.69 Å². The van der Waals surface area contributed by atoms with Crippen molar-refractivity contribution >= 4 is 17.4 Å². The summed E-state index contributed by atoms with van der Waals surface area (Å²) in [6.45, 7) is 7.01. The van der Waals surface area contributed by atoms with Crippen LogP contribution in [0.15, 0.2) is 18.3 Å². The number of hydrogen-bond donors (Lipinski definition) is 2. The predicted octanol–water partition coefficient (Wildman–Crippen LogP) is 0.702. The molecule has 0 aromatic carbocycles. The molecule has 1 aromatic heterocycles. The van der Waals surface area contributed by atoms with Crippen molar-refractivity contribution in [1.29, 1.82) is 0 Å². The van der Waals surface area contributed by atoms with Gasteiger partial charge < -0.3 is 16.0 Å². The van der Waals surface area contributed by atoms with Gasteiger partial charge in [0.15, 0.2) is 0 Å². The van der Waals surface area contributed by atoms with E-state index in [1.54, 1.807) is 0 Å². The Hall–Kier alpha value is -1.82. The van der Waals surface area contributed by atoms with Gasteiger partial charge in [0, 0.05) is 32.7 Å². The molecule has 0 radical (unpaired) electrons. The minimum atomic E-state index is 0.131. The first-order valence-corrected chi connectivity index (χ1v) is 7.64. The molecule has 6 heteroatoms. The van der Waals surface area contributed by atoms with E-state index in [1.807, 2.05) is 18.3 Å². The Morgan fingerprint density at radius 3 is 2.71 bits per heavy atom. The summed E-state index contributed by atoms with van der Waals surface area (Å²) in [7, 11) is 0. The lowest BCUT2D eigenvalue weighted by molar-refractivity contribution is -0.122. The highest BCUT2D eigenvalue weighted by Crippen LogP contribution is 2.15. The largest absolute Gasteiger partial charge is 0.384 e. The van der Waals surface area contributed by atoms with Crippen LogP contribution < -0.4 is 16.0 Å². The standard InChI is InChI=1S/C15H25N5O/c1-2-3-6-17-15(21)12-19-7-9-20(10-8-19)13-4-5-14(16)18-11-13/h4-5,11H,2-3,6-10,12H2,1H3,(H2,16,18)(H,17,21). The SMILES string of the molecule is CCCCNC(=O)CN1CCN(c2ccc(N)nc2)CC1. The van der Waals surface area contributed by atoms with Crippen molar-refractivity contribution in [2.45, 2.75) is 19.8 Å². The van der Waals surface area contributed by atoms with Gasteiger partial charge in [-0.05, 0) is 18.6 Å². The third-order valence-corrected chi connectivity index (χ3v) is 3.73. The van der Waals surface area contributed by atoms with E-state index in [0.717, 1.165) is 51.3 Å². The molecular formula is C15H25N5O. The molecule has 0 saturated carbocycles. The number of hydrogen-bond acceptors (Lipinski definition) is 5. The van der Waals surface area contributed by atoms with E-state index in [0.29, 0.717) is 12.4 Å². The third kappa shape index (κ3) is 4.90. The summed E-state index contributed by atoms with van der Waals surface area (Å²) >= 11 is 0. The number of aromatic nitrogens is 1. The number of amides is 1. The Morgan fingerprint density at radius 1 is 1.33 bits per heavy atom. The van der Waals surface area contributed by atoms with Crippen LogP contribution in [-0.4, -0.2) is 55.1 Å². The number of nitrogens with two attached hydrogens (primary N) is 1. The Labute approximate surface area is 126 Å². The minimum absolute atomic E-state index is 0.131. The van der Waals surface area contributed by atoms with E-state index in [2.05, 4.69) is 27.0 Å². The first-order chi connectivity index (χ1) is 10.2. The molecule has 1 saturated heterocycles. The van der Waals surface area contributed by atoms with Gasteiger partial charge in [-0.15, -0.1) is 0 Å². The van der Waals surface area contributed by atoms with E-state index < -0.39 is 0 Å². The van der Waals surface area contributed by atoms with Crippen molar-refractivity contribution in [2.75, 3.05) is 49.9 Å². The molecule has 21 heavy (non-hydrogen) atoms. The number of unbranched alkanes of at least 4 members (excludes halogenated alkanes) is 1. The summed E-state index contributed by atoms with van der Waals surface area (Å²) in [5.74, 6) is 0.673. The summed E-state index contributed by atoms with van der Waals surface area (Å²) in [4.78, 5) is 20.4. The molecule has 6 nitrogen and oxygen atoms in total. The lowest BCUT2D eigenvalue weighted by Gasteiger charge is -2.35. The number of nitrogens with zero attached hydrogens (tertiary/aromatic N) is 3. The molecule has 116 valence electrons. The molecule has 0 unspecified atom stereocenters. The van der Waals surface area contributed by atoms with Crippen molar-refractivity contribution < 1.29 is 4.79 Å². The van der Waals surface area contributed by atoms with Crippen LogP contribution in [0.5, 0.6) is 0 Å². The Bertz CT molecular complexity index is 440. The van der Waals surface area contributed by atoms with Crippen molar-refractivity contribution in [3.8, 4) is 0 Å². The highest BCUT2D eigenvalue weighted by molar-refractivity contribution is 5.78. The van der Waals surface area contributed by atoms with Crippen LogP contribution in [-0.2, 0) is 4.79 Å². The highest BCUT2D eigenvalue weighted by atomic mass is 16.2. The zero-order valence-corrected chi connectivity index (χ0v) is 12.7. The number of rotatable bonds is 6. The second kappa shape index (κ2) is 7.83. The number of piperazine rings is 1. The summed E-state index contributed by atoms with van der Waals surface area (Å²) in [5, 5.41) is 2.96. The van der Waals surface area contributed by atoms with Crippen molar-refractivity contribution in [1.82, 2.24) is 15.2 Å². The van der Waals surface area contributed by atoms with E-state index in [-0.39, 0.29) is 5.91 Å². The van der Waals surface area contributed by atoms with Crippen LogP contribution in [0.3, 0.4) is 0 Å². The Balaban J connectivity index is 1.73. The molecule has 1 aliphatic heterocycles. The highest BCUT2D eigenvalue weighted by Gasteiger charge is 2.19. The Morgan fingerprint density at radius 2 is 2.10 bits per heavy atom. The molecule has 3 N–H and O–H groups in total. The van der Waals surface area contributed by atoms with Gasteiger partial charge in [0.2, 0.25) is 5.91 Å². The number of nitrogens with one attached hydrogen (secondary N) is 1. The van der Waals surface area contributed by atoms with Gasteiger partial charge in [-0.2, -0.15) is 0 Å². The molecule has 0 bridgehead atoms. The summed E-state index contributed by atoms with van der Waals surface area (Å²) in [6.07, 6.45) is 3.96. The fraction of sp³-hybridized carbons (Fsp3) is 0.600. The first-order valence-electron chi connectivity index (χ1n) is 7.64. The predicted molar refractivity (Wildman–Crippen MR) is 85.2 cm³/mol. The fourth-order valence-electron chi connectivity index (χ4n) is 2.41. The maximum atomic E-state index is 11.8. The fourth-order valence-corrected chi connectivity index (χ4v) is 2.41. The van der Waals surface area contributed by atoms with Gasteiger partial charge in [0.25, 0.3) is 0 Å². The van der Waals surface area contributed by atoms with Crippen LogP contribution in [0.2, 0.25) is 0 Å². The van der Waals surface area contributed by atoms with E-state index in [4.69, 9.17) is 5.73 Å². The smallest absolute Gasteiger partial charge is 0.234 e. The molecule has 0 spiro atoms. The van der Waals surface area contributed by atoms with Crippen LogP contribution in [0, 0.1) is 0 Å². The second-order valence-corrected chi connectivity index (χ2v) is 5.41. The number of carbonyl (C=O) groups is 1. The van der Waals surface area contributed by atoms with E-state index >= 15 is 0 Å². The molecule has 0 atom stereocenters. The number of nitrogen functional groups attached to an aromatic ring is 1. The molecular weight excluding hydrogens is 266 g/mol. The maximum absolute atomic E-state index is 11.8. The molecule has 0 aliphatic carbocycles. The van der Waals surface area contributed by atoms with Crippen LogP contribution in [0.25, 0.3) is 0 Å². The zero-order valence-electron chi connectivity index (χ0n) is 12.7. The lowest BCUT2D eigenvalue weighted by atomic mass is 10.2. The molecule has 1 amide bonds. The molecule has 2 rings (SSSR count). The van der Waals surface area contributed by atoms with Gasteiger partial charge in [-0.25, -0.2) is 4.98 Å². The maximum Gasteiger partial charge on any atom is 0.234 e. The molecule has 2 heterocycles. The van der Waals surface area contributed by atoms with E-state index in [9.17, 15) is 4.79 Å². The normalized spacial score (nSPS) is 16.0. The average molecular weight is 291 g/mol. The zero-order chi connectivity index (χ0) is 15.1. The summed E-state index contributed by atoms with van der Waals surface area (Å²) in [5.41, 5.74) is 6.69. The van der Waals surface area contributed by atoms with Gasteiger partial charge in [0.1, 0.15) is 5.82 Å². The molecule has 1 aliphatic rings. The lowest BCUT2D eigenvalue weighted by Crippen LogP contribution is -2.49. The number of pyridine rings is 1. The second-order valence-electron chi connectivity index (χ2n) is 5.41. The van der Waals surface area contributed by atoms with Crippen molar-refractivity contribution in [3.05, 3.63) is 18.3 Å². The molecule has 1 aromatic rings. The third-order valence-electron chi connectivity index (χ3n) is 3.73. The Kier molecular flexibility index (Phi) is 5.80. The topological polar surface area (TPSA) is 74.5 Å². The van der Waals surface area contributed by atoms with Crippen LogP contribution >= 0.6 is 0 Å². The van der Waals surface area contributed by atoms with Crippen molar-refractivity contribution in [3.63, 3.8) is 0 Å². The first kappa shape index (κ1) is 15.6. The average Bonchev–Trinajstić information content (AvgIpc) is 2.49. The van der Waals surface area contributed by atoms with Gasteiger partial charge >= 0.3 is 0 Å².